The highest BCUT2D eigenvalue weighted by Crippen LogP contribution is 2.42. The van der Waals surface area contributed by atoms with E-state index in [4.69, 9.17) is 0 Å². The van der Waals surface area contributed by atoms with Gasteiger partial charge in [0.1, 0.15) is 0 Å². The molecule has 2 atom stereocenters. The van der Waals surface area contributed by atoms with Crippen LogP contribution in [0.25, 0.3) is 11.1 Å². The standard InChI is InChI=1S/C27H32F8/c1-5-8-9-10-11-13-15(12-6-2)17-22(30)26(34)19(27(35)23(17)31)18-24(32)20(28)16(14(4)7-3)21(29)25(18)33/h14-15H,5-13H2,1-4H3. The minimum atomic E-state index is -2.11. The highest BCUT2D eigenvalue weighted by molar-refractivity contribution is 5.68. The van der Waals surface area contributed by atoms with Crippen molar-refractivity contribution < 1.29 is 35.1 Å². The predicted molar refractivity (Wildman–Crippen MR) is 121 cm³/mol. The van der Waals surface area contributed by atoms with Crippen LogP contribution in [0.1, 0.15) is 108 Å². The fourth-order valence-electron chi connectivity index (χ4n) is 4.51. The van der Waals surface area contributed by atoms with E-state index >= 15 is 17.6 Å². The van der Waals surface area contributed by atoms with Gasteiger partial charge in [-0.05, 0) is 31.1 Å². The molecule has 0 heterocycles. The van der Waals surface area contributed by atoms with Crippen molar-refractivity contribution in [2.75, 3.05) is 0 Å². The van der Waals surface area contributed by atoms with Gasteiger partial charge in [0, 0.05) is 11.1 Å². The van der Waals surface area contributed by atoms with Gasteiger partial charge in [0.15, 0.2) is 46.5 Å². The Labute approximate surface area is 201 Å². The van der Waals surface area contributed by atoms with Gasteiger partial charge in [0.05, 0.1) is 11.1 Å². The molecule has 0 radical (unpaired) electrons. The molecule has 2 unspecified atom stereocenters. The molecule has 0 nitrogen and oxygen atoms in total. The number of benzene rings is 2. The summed E-state index contributed by atoms with van der Waals surface area (Å²) in [5.41, 5.74) is -5.39. The topological polar surface area (TPSA) is 0 Å². The SMILES string of the molecule is CCCCCCCC(CCC)c1c(F)c(F)c(-c2c(F)c(F)c(C(C)CC)c(F)c2F)c(F)c1F. The van der Waals surface area contributed by atoms with E-state index in [-0.39, 0.29) is 19.3 Å². The molecule has 35 heavy (non-hydrogen) atoms. The van der Waals surface area contributed by atoms with Crippen molar-refractivity contribution in [3.63, 3.8) is 0 Å². The number of halogens is 8. The van der Waals surface area contributed by atoms with Crippen molar-refractivity contribution >= 4 is 0 Å². The average molecular weight is 509 g/mol. The van der Waals surface area contributed by atoms with Crippen molar-refractivity contribution in [3.8, 4) is 11.1 Å². The molecule has 0 fully saturated rings. The highest BCUT2D eigenvalue weighted by atomic mass is 19.2. The zero-order chi connectivity index (χ0) is 26.4. The van der Waals surface area contributed by atoms with Crippen molar-refractivity contribution in [2.45, 2.75) is 97.3 Å². The summed E-state index contributed by atoms with van der Waals surface area (Å²) in [7, 11) is 0. The Bertz CT molecular complexity index is 973. The van der Waals surface area contributed by atoms with Crippen molar-refractivity contribution in [1.82, 2.24) is 0 Å². The lowest BCUT2D eigenvalue weighted by atomic mass is 9.86. The molecule has 0 spiro atoms. The van der Waals surface area contributed by atoms with Gasteiger partial charge in [0.2, 0.25) is 0 Å². The number of hydrogen-bond acceptors (Lipinski definition) is 0. The second-order valence-electron chi connectivity index (χ2n) is 9.09. The monoisotopic (exact) mass is 508 g/mol. The van der Waals surface area contributed by atoms with E-state index in [2.05, 4.69) is 0 Å². The molecular formula is C27H32F8. The Balaban J connectivity index is 2.67. The molecule has 0 saturated carbocycles. The molecule has 8 heteroatoms. The first-order valence-corrected chi connectivity index (χ1v) is 12.3. The van der Waals surface area contributed by atoms with Crippen LogP contribution in [0.15, 0.2) is 0 Å². The first-order chi connectivity index (χ1) is 16.5. The molecule has 0 N–H and O–H groups in total. The third-order valence-corrected chi connectivity index (χ3v) is 6.65. The quantitative estimate of drug-likeness (QED) is 0.152. The highest BCUT2D eigenvalue weighted by Gasteiger charge is 2.36. The third kappa shape index (κ3) is 5.83. The van der Waals surface area contributed by atoms with Crippen LogP contribution in [-0.2, 0) is 0 Å². The van der Waals surface area contributed by atoms with Crippen LogP contribution in [0.2, 0.25) is 0 Å². The molecule has 2 aromatic rings. The van der Waals surface area contributed by atoms with E-state index in [1.54, 1.807) is 6.92 Å². The van der Waals surface area contributed by atoms with Crippen LogP contribution < -0.4 is 0 Å². The molecule has 0 aliphatic rings. The van der Waals surface area contributed by atoms with Gasteiger partial charge in [-0.2, -0.15) is 0 Å². The summed E-state index contributed by atoms with van der Waals surface area (Å²) in [6.45, 7) is 6.60. The Kier molecular flexibility index (Phi) is 10.6. The van der Waals surface area contributed by atoms with Crippen molar-refractivity contribution in [3.05, 3.63) is 57.7 Å². The zero-order valence-corrected chi connectivity index (χ0v) is 20.5. The lowest BCUT2D eigenvalue weighted by molar-refractivity contribution is 0.405. The predicted octanol–water partition coefficient (Wildman–Crippen LogP) is 10.2. The number of hydrogen-bond donors (Lipinski definition) is 0. The summed E-state index contributed by atoms with van der Waals surface area (Å²) in [5.74, 6) is -17.5. The maximum absolute atomic E-state index is 15.1. The van der Waals surface area contributed by atoms with E-state index in [0.717, 1.165) is 25.7 Å². The van der Waals surface area contributed by atoms with E-state index < -0.39 is 80.6 Å². The van der Waals surface area contributed by atoms with Gasteiger partial charge in [-0.15, -0.1) is 0 Å². The summed E-state index contributed by atoms with van der Waals surface area (Å²) >= 11 is 0. The summed E-state index contributed by atoms with van der Waals surface area (Å²) in [4.78, 5) is 0. The Morgan fingerprint density at radius 2 is 0.914 bits per heavy atom. The smallest absolute Gasteiger partial charge is 0.170 e. The molecule has 0 saturated heterocycles. The second-order valence-corrected chi connectivity index (χ2v) is 9.09. The summed E-state index contributed by atoms with van der Waals surface area (Å²) in [6.07, 6.45) is 5.32. The van der Waals surface area contributed by atoms with Gasteiger partial charge in [-0.3, -0.25) is 0 Å². The van der Waals surface area contributed by atoms with Gasteiger partial charge < -0.3 is 0 Å². The number of rotatable bonds is 12. The van der Waals surface area contributed by atoms with Gasteiger partial charge in [-0.25, -0.2) is 35.1 Å². The lowest BCUT2D eigenvalue weighted by Gasteiger charge is -2.21. The fourth-order valence-corrected chi connectivity index (χ4v) is 4.51. The van der Waals surface area contributed by atoms with Crippen LogP contribution in [0, 0.1) is 46.5 Å². The first kappa shape index (κ1) is 29.1. The normalized spacial score (nSPS) is 13.4. The average Bonchev–Trinajstić information content (AvgIpc) is 2.83. The molecule has 2 aromatic carbocycles. The Morgan fingerprint density at radius 1 is 0.486 bits per heavy atom. The minimum Gasteiger partial charge on any atom is -0.203 e. The van der Waals surface area contributed by atoms with Gasteiger partial charge >= 0.3 is 0 Å². The molecule has 2 rings (SSSR count). The summed E-state index contributed by atoms with van der Waals surface area (Å²) < 4.78 is 119. The maximum atomic E-state index is 15.1. The maximum Gasteiger partial charge on any atom is 0.170 e. The van der Waals surface area contributed by atoms with E-state index in [0.29, 0.717) is 12.8 Å². The zero-order valence-electron chi connectivity index (χ0n) is 20.5. The largest absolute Gasteiger partial charge is 0.203 e. The molecule has 0 aliphatic heterocycles. The minimum absolute atomic E-state index is 0.115. The Hall–Kier alpha value is -2.12. The molecular weight excluding hydrogens is 476 g/mol. The second kappa shape index (κ2) is 12.7. The molecule has 0 amide bonds. The van der Waals surface area contributed by atoms with Gasteiger partial charge in [-0.1, -0.05) is 66.2 Å². The molecule has 196 valence electrons. The molecule has 0 bridgehead atoms. The van der Waals surface area contributed by atoms with Gasteiger partial charge in [0.25, 0.3) is 0 Å². The lowest BCUT2D eigenvalue weighted by Crippen LogP contribution is -2.14. The van der Waals surface area contributed by atoms with Crippen molar-refractivity contribution in [1.29, 1.82) is 0 Å². The van der Waals surface area contributed by atoms with Crippen molar-refractivity contribution in [2.24, 2.45) is 0 Å². The molecule has 0 aliphatic carbocycles. The third-order valence-electron chi connectivity index (χ3n) is 6.65. The van der Waals surface area contributed by atoms with E-state index in [9.17, 15) is 17.6 Å². The fraction of sp³-hybridized carbons (Fsp3) is 0.556. The van der Waals surface area contributed by atoms with Crippen LogP contribution in [0.4, 0.5) is 35.1 Å². The van der Waals surface area contributed by atoms with Crippen LogP contribution in [-0.4, -0.2) is 0 Å². The van der Waals surface area contributed by atoms with Crippen LogP contribution in [0.5, 0.6) is 0 Å². The Morgan fingerprint density at radius 3 is 1.31 bits per heavy atom. The molecule has 0 aromatic heterocycles. The first-order valence-electron chi connectivity index (χ1n) is 12.3. The van der Waals surface area contributed by atoms with E-state index in [1.807, 2.05) is 6.92 Å². The van der Waals surface area contributed by atoms with Crippen LogP contribution >= 0.6 is 0 Å². The van der Waals surface area contributed by atoms with Crippen LogP contribution in [0.3, 0.4) is 0 Å². The number of unbranched alkanes of at least 4 members (excludes halogenated alkanes) is 4. The van der Waals surface area contributed by atoms with E-state index in [1.165, 1.54) is 13.8 Å². The summed E-state index contributed by atoms with van der Waals surface area (Å²) in [6, 6.07) is 0. The summed E-state index contributed by atoms with van der Waals surface area (Å²) in [5, 5.41) is 0.